The van der Waals surface area contributed by atoms with Crippen molar-refractivity contribution < 1.29 is 19.2 Å². The van der Waals surface area contributed by atoms with E-state index >= 15 is 0 Å². The first-order valence-electron chi connectivity index (χ1n) is 12.2. The Morgan fingerprint density at radius 2 is 1.84 bits per heavy atom. The fourth-order valence-corrected chi connectivity index (χ4v) is 6.42. The normalized spacial score (nSPS) is 36.0. The van der Waals surface area contributed by atoms with E-state index in [9.17, 15) is 19.2 Å². The third-order valence-corrected chi connectivity index (χ3v) is 7.88. The van der Waals surface area contributed by atoms with Crippen LogP contribution in [0.3, 0.4) is 0 Å². The van der Waals surface area contributed by atoms with E-state index in [1.165, 1.54) is 12.5 Å². The van der Waals surface area contributed by atoms with Gasteiger partial charge in [-0.3, -0.25) is 14.4 Å². The molecule has 1 saturated heterocycles. The van der Waals surface area contributed by atoms with Crippen LogP contribution in [0.2, 0.25) is 0 Å². The maximum Gasteiger partial charge on any atom is 0.235 e. The van der Waals surface area contributed by atoms with Gasteiger partial charge in [-0.25, -0.2) is 0 Å². The van der Waals surface area contributed by atoms with Crippen molar-refractivity contribution in [2.24, 2.45) is 35.0 Å². The molecule has 0 saturated carbocycles. The highest BCUT2D eigenvalue weighted by atomic mass is 16.2. The second-order valence-electron chi connectivity index (χ2n) is 10.9. The van der Waals surface area contributed by atoms with Crippen molar-refractivity contribution in [2.45, 2.75) is 86.1 Å². The van der Waals surface area contributed by atoms with Crippen LogP contribution < -0.4 is 5.32 Å². The van der Waals surface area contributed by atoms with Crippen LogP contribution in [0.15, 0.2) is 23.3 Å². The molecule has 0 aromatic carbocycles. The predicted octanol–water partition coefficient (Wildman–Crippen LogP) is 4.60. The molecule has 0 unspecified atom stereocenters. The number of hydrogen-bond acceptors (Lipinski definition) is 4. The predicted molar refractivity (Wildman–Crippen MR) is 125 cm³/mol. The minimum Gasteiger partial charge on any atom is -0.352 e. The quantitative estimate of drug-likeness (QED) is 0.511. The molecule has 1 N–H and O–H groups in total. The van der Waals surface area contributed by atoms with Crippen molar-refractivity contribution in [1.82, 2.24) is 5.32 Å². The van der Waals surface area contributed by atoms with Gasteiger partial charge in [0, 0.05) is 43.1 Å². The molecule has 176 valence electrons. The summed E-state index contributed by atoms with van der Waals surface area (Å²) in [6.45, 7) is 12.0. The molecule has 0 bridgehead atoms. The lowest BCUT2D eigenvalue weighted by molar-refractivity contribution is -0.150. The zero-order valence-corrected chi connectivity index (χ0v) is 20.5. The maximum atomic E-state index is 14.4. The topological polar surface area (TPSA) is 80.3 Å². The third-order valence-electron chi connectivity index (χ3n) is 7.88. The number of hydrogen-bond donors (Lipinski definition) is 1. The van der Waals surface area contributed by atoms with Gasteiger partial charge in [-0.15, -0.1) is 0 Å². The van der Waals surface area contributed by atoms with Crippen LogP contribution in [0.5, 0.6) is 0 Å². The number of nitrogens with one attached hydrogen (secondary N) is 1. The molecular weight excluding hydrogens is 402 g/mol. The van der Waals surface area contributed by atoms with Crippen molar-refractivity contribution >= 4 is 23.3 Å². The standard InChI is InChI=1S/C27H39NO4/c1-15(2)10-23-24-19(6)17(4)12-21-11-16(3)8-7-9-22(30)14-20(13-18(5)29)25(31)27(21,24)26(32)28-23/h11-12,15,19-21,23-24H,7-10,13-14H2,1-6H3,(H,28,32)/t19-,20-,21+,23+,24+,27+/m1/s1. The molecule has 1 fully saturated rings. The molecule has 1 heterocycles. The van der Waals surface area contributed by atoms with Gasteiger partial charge >= 0.3 is 0 Å². The van der Waals surface area contributed by atoms with Crippen LogP contribution in [0, 0.1) is 35.0 Å². The number of Topliss-reactive ketones (excluding diaryl/α,β-unsaturated/α-hetero) is 3. The molecular formula is C27H39NO4. The highest BCUT2D eigenvalue weighted by molar-refractivity contribution is 6.11. The summed E-state index contributed by atoms with van der Waals surface area (Å²) in [6, 6.07) is -0.0971. The molecule has 0 aromatic rings. The van der Waals surface area contributed by atoms with E-state index in [1.807, 2.05) is 6.92 Å². The molecule has 1 aliphatic heterocycles. The zero-order chi connectivity index (χ0) is 23.8. The van der Waals surface area contributed by atoms with E-state index in [4.69, 9.17) is 0 Å². The van der Waals surface area contributed by atoms with Gasteiger partial charge in [0.1, 0.15) is 17.0 Å². The smallest absolute Gasteiger partial charge is 0.235 e. The van der Waals surface area contributed by atoms with Crippen LogP contribution in [0.4, 0.5) is 0 Å². The summed E-state index contributed by atoms with van der Waals surface area (Å²) in [7, 11) is 0. The highest BCUT2D eigenvalue weighted by Gasteiger charge is 2.66. The lowest BCUT2D eigenvalue weighted by atomic mass is 9.53. The Kier molecular flexibility index (Phi) is 7.26. The van der Waals surface area contributed by atoms with Gasteiger partial charge in [0.25, 0.3) is 0 Å². The summed E-state index contributed by atoms with van der Waals surface area (Å²) >= 11 is 0. The van der Waals surface area contributed by atoms with Gasteiger partial charge in [-0.2, -0.15) is 0 Å². The van der Waals surface area contributed by atoms with Gasteiger partial charge in [-0.05, 0) is 51.9 Å². The van der Waals surface area contributed by atoms with E-state index in [-0.39, 0.29) is 59.9 Å². The van der Waals surface area contributed by atoms with Crippen molar-refractivity contribution in [3.8, 4) is 0 Å². The average molecular weight is 442 g/mol. The zero-order valence-electron chi connectivity index (χ0n) is 20.5. The summed E-state index contributed by atoms with van der Waals surface area (Å²) in [5.74, 6) is -1.37. The number of ketones is 3. The highest BCUT2D eigenvalue weighted by Crippen LogP contribution is 2.56. The SMILES string of the molecule is CC(=O)C[C@@H]1CC(=O)CCCC(C)=C[C@H]2C=C(C)[C@@H](C)[C@H]3[C@H](CC(C)C)NC(=O)[C@@]23C1=O. The van der Waals surface area contributed by atoms with Crippen LogP contribution >= 0.6 is 0 Å². The maximum absolute atomic E-state index is 14.4. The molecule has 32 heavy (non-hydrogen) atoms. The second-order valence-corrected chi connectivity index (χ2v) is 10.9. The third kappa shape index (κ3) is 4.40. The summed E-state index contributed by atoms with van der Waals surface area (Å²) in [5, 5.41) is 3.21. The first kappa shape index (κ1) is 24.6. The largest absolute Gasteiger partial charge is 0.352 e. The number of rotatable bonds is 4. The number of amides is 1. The van der Waals surface area contributed by atoms with E-state index in [0.29, 0.717) is 12.3 Å². The van der Waals surface area contributed by atoms with Gasteiger partial charge in [0.2, 0.25) is 5.91 Å². The molecule has 5 heteroatoms. The Labute approximate surface area is 192 Å². The molecule has 3 rings (SSSR count). The Morgan fingerprint density at radius 3 is 2.47 bits per heavy atom. The molecule has 0 aromatic heterocycles. The molecule has 1 amide bonds. The monoisotopic (exact) mass is 441 g/mol. The first-order chi connectivity index (χ1) is 15.0. The summed E-state index contributed by atoms with van der Waals surface area (Å²) < 4.78 is 0. The van der Waals surface area contributed by atoms with Crippen LogP contribution in [0.1, 0.15) is 80.1 Å². The van der Waals surface area contributed by atoms with Gasteiger partial charge in [0.15, 0.2) is 5.78 Å². The number of carbonyl (C=O) groups excluding carboxylic acids is 4. The van der Waals surface area contributed by atoms with Crippen LogP contribution in [-0.4, -0.2) is 29.3 Å². The summed E-state index contributed by atoms with van der Waals surface area (Å²) in [5.41, 5.74) is 1.05. The van der Waals surface area contributed by atoms with E-state index in [2.05, 4.69) is 45.2 Å². The second kappa shape index (κ2) is 9.44. The van der Waals surface area contributed by atoms with Gasteiger partial charge in [0.05, 0.1) is 0 Å². The molecule has 1 spiro atoms. The fraction of sp³-hybridized carbons (Fsp3) is 0.704. The molecule has 5 nitrogen and oxygen atoms in total. The average Bonchev–Trinajstić information content (AvgIpc) is 2.95. The molecule has 3 aliphatic rings. The van der Waals surface area contributed by atoms with Crippen molar-refractivity contribution in [3.05, 3.63) is 23.3 Å². The van der Waals surface area contributed by atoms with Crippen molar-refractivity contribution in [2.75, 3.05) is 0 Å². The lowest BCUT2D eigenvalue weighted by Gasteiger charge is -2.46. The molecule has 6 atom stereocenters. The molecule has 0 radical (unpaired) electrons. The number of carbonyl (C=O) groups is 4. The van der Waals surface area contributed by atoms with E-state index in [0.717, 1.165) is 24.8 Å². The Hall–Kier alpha value is -2.04. The Bertz CT molecular complexity index is 867. The summed E-state index contributed by atoms with van der Waals surface area (Å²) in [6.07, 6.45) is 6.98. The fourth-order valence-electron chi connectivity index (χ4n) is 6.42. The van der Waals surface area contributed by atoms with E-state index < -0.39 is 11.3 Å². The van der Waals surface area contributed by atoms with Gasteiger partial charge < -0.3 is 10.1 Å². The Balaban J connectivity index is 2.24. The minimum absolute atomic E-state index is 0.0107. The van der Waals surface area contributed by atoms with Crippen molar-refractivity contribution in [1.29, 1.82) is 0 Å². The van der Waals surface area contributed by atoms with Crippen molar-refractivity contribution in [3.63, 3.8) is 0 Å². The lowest BCUT2D eigenvalue weighted by Crippen LogP contribution is -2.54. The molecule has 2 aliphatic carbocycles. The Morgan fingerprint density at radius 1 is 1.16 bits per heavy atom. The van der Waals surface area contributed by atoms with Gasteiger partial charge in [-0.1, -0.05) is 44.1 Å². The summed E-state index contributed by atoms with van der Waals surface area (Å²) in [4.78, 5) is 53.0. The number of allylic oxidation sites excluding steroid dienone is 4. The first-order valence-corrected chi connectivity index (χ1v) is 12.2. The minimum atomic E-state index is -1.26. The van der Waals surface area contributed by atoms with E-state index in [1.54, 1.807) is 0 Å². The van der Waals surface area contributed by atoms with Crippen LogP contribution in [-0.2, 0) is 19.2 Å². The van der Waals surface area contributed by atoms with Crippen LogP contribution in [0.25, 0.3) is 0 Å².